The van der Waals surface area contributed by atoms with E-state index in [0.717, 1.165) is 11.3 Å². The number of carbonyl (C=O) groups is 1. The molecule has 1 amide bonds. The molecule has 5 nitrogen and oxygen atoms in total. The number of rotatable bonds is 3. The van der Waals surface area contributed by atoms with Crippen molar-refractivity contribution in [2.24, 2.45) is 0 Å². The molecule has 0 aliphatic heterocycles. The minimum atomic E-state index is -0.268. The molecule has 5 heteroatoms. The number of carbonyl (C=O) groups excluding carboxylic acids is 1. The minimum Gasteiger partial charge on any atom is -0.395 e. The Morgan fingerprint density at radius 2 is 2.19 bits per heavy atom. The molecule has 0 spiro atoms. The van der Waals surface area contributed by atoms with Gasteiger partial charge in [-0.15, -0.1) is 0 Å². The molecule has 2 heterocycles. The number of aromatic nitrogens is 2. The summed E-state index contributed by atoms with van der Waals surface area (Å²) in [5.74, 6) is 5.87. The number of aryl methyl sites for hydroxylation is 1. The smallest absolute Gasteiger partial charge is 0.258 e. The van der Waals surface area contributed by atoms with Gasteiger partial charge in [-0.25, -0.2) is 4.98 Å². The Hall–Kier alpha value is -2.71. The second-order valence-corrected chi connectivity index (χ2v) is 4.35. The Labute approximate surface area is 123 Å². The van der Waals surface area contributed by atoms with Gasteiger partial charge in [-0.05, 0) is 31.2 Å². The Balaban J connectivity index is 2.09. The third-order valence-corrected chi connectivity index (χ3v) is 2.64. The maximum Gasteiger partial charge on any atom is 0.258 e. The molecule has 0 saturated heterocycles. The highest BCUT2D eigenvalue weighted by atomic mass is 16.2. The highest BCUT2D eigenvalue weighted by Crippen LogP contribution is 2.08. The lowest BCUT2D eigenvalue weighted by Gasteiger charge is -2.04. The van der Waals surface area contributed by atoms with Crippen molar-refractivity contribution in [3.63, 3.8) is 0 Å². The fourth-order valence-electron chi connectivity index (χ4n) is 1.59. The predicted molar refractivity (Wildman–Crippen MR) is 79.7 cm³/mol. The molecule has 2 aromatic rings. The highest BCUT2D eigenvalue weighted by Gasteiger charge is 2.07. The number of nitrogens with one attached hydrogen (secondary N) is 1. The first-order valence-corrected chi connectivity index (χ1v) is 6.49. The lowest BCUT2D eigenvalue weighted by molar-refractivity contribution is 0.102. The monoisotopic (exact) mass is 281 g/mol. The van der Waals surface area contributed by atoms with E-state index in [1.54, 1.807) is 30.5 Å². The van der Waals surface area contributed by atoms with Crippen LogP contribution in [0.1, 0.15) is 28.0 Å². The van der Waals surface area contributed by atoms with Crippen LogP contribution in [0.15, 0.2) is 36.7 Å². The van der Waals surface area contributed by atoms with Crippen LogP contribution in [-0.2, 0) is 0 Å². The maximum atomic E-state index is 12.0. The van der Waals surface area contributed by atoms with Gasteiger partial charge < -0.3 is 10.4 Å². The summed E-state index contributed by atoms with van der Waals surface area (Å²) in [6, 6.07) is 6.92. The molecule has 0 unspecified atom stereocenters. The fraction of sp³-hybridized carbons (Fsp3) is 0.188. The van der Waals surface area contributed by atoms with Gasteiger partial charge in [0.2, 0.25) is 0 Å². The van der Waals surface area contributed by atoms with Gasteiger partial charge in [0, 0.05) is 30.1 Å². The lowest BCUT2D eigenvalue weighted by atomic mass is 10.2. The van der Waals surface area contributed by atoms with E-state index < -0.39 is 0 Å². The number of aliphatic hydroxyl groups is 1. The van der Waals surface area contributed by atoms with E-state index in [2.05, 4.69) is 27.1 Å². The van der Waals surface area contributed by atoms with Gasteiger partial charge in [-0.2, -0.15) is 0 Å². The number of pyridine rings is 2. The molecule has 0 saturated carbocycles. The second-order valence-electron chi connectivity index (χ2n) is 4.35. The zero-order valence-electron chi connectivity index (χ0n) is 11.6. The molecule has 0 aromatic carbocycles. The largest absolute Gasteiger partial charge is 0.395 e. The van der Waals surface area contributed by atoms with Gasteiger partial charge in [0.25, 0.3) is 5.91 Å². The molecule has 0 fully saturated rings. The van der Waals surface area contributed by atoms with Crippen molar-refractivity contribution >= 4 is 11.7 Å². The fourth-order valence-corrected chi connectivity index (χ4v) is 1.59. The van der Waals surface area contributed by atoms with Crippen LogP contribution >= 0.6 is 0 Å². The molecule has 2 rings (SSSR count). The molecular weight excluding hydrogens is 266 g/mol. The van der Waals surface area contributed by atoms with Crippen LogP contribution in [0.5, 0.6) is 0 Å². The van der Waals surface area contributed by atoms with Crippen molar-refractivity contribution in [2.45, 2.75) is 13.3 Å². The van der Waals surface area contributed by atoms with Gasteiger partial charge >= 0.3 is 0 Å². The molecule has 0 bridgehead atoms. The summed E-state index contributed by atoms with van der Waals surface area (Å²) < 4.78 is 0. The molecule has 2 N–H and O–H groups in total. The third kappa shape index (κ3) is 4.41. The normalized spacial score (nSPS) is 9.62. The van der Waals surface area contributed by atoms with Crippen LogP contribution in [0.3, 0.4) is 0 Å². The van der Waals surface area contributed by atoms with Gasteiger partial charge in [0.1, 0.15) is 5.82 Å². The predicted octanol–water partition coefficient (Wildman–Crippen LogP) is 1.77. The van der Waals surface area contributed by atoms with Crippen LogP contribution in [0.2, 0.25) is 0 Å². The molecule has 0 atom stereocenters. The quantitative estimate of drug-likeness (QED) is 0.841. The summed E-state index contributed by atoms with van der Waals surface area (Å²) in [5.41, 5.74) is 2.06. The molecular formula is C16H15N3O2. The number of hydrogen-bond acceptors (Lipinski definition) is 4. The lowest BCUT2D eigenvalue weighted by Crippen LogP contribution is -2.13. The van der Waals surface area contributed by atoms with Crippen LogP contribution in [-0.4, -0.2) is 27.6 Å². The van der Waals surface area contributed by atoms with Crippen molar-refractivity contribution in [3.8, 4) is 11.8 Å². The van der Waals surface area contributed by atoms with Gasteiger partial charge in [0.15, 0.2) is 0 Å². The van der Waals surface area contributed by atoms with Gasteiger partial charge in [-0.1, -0.05) is 11.8 Å². The summed E-state index contributed by atoms with van der Waals surface area (Å²) in [5, 5.41) is 11.4. The highest BCUT2D eigenvalue weighted by molar-refractivity contribution is 6.03. The summed E-state index contributed by atoms with van der Waals surface area (Å²) >= 11 is 0. The summed E-state index contributed by atoms with van der Waals surface area (Å²) in [6.45, 7) is 1.89. The van der Waals surface area contributed by atoms with Crippen molar-refractivity contribution in [3.05, 3.63) is 53.5 Å². The van der Waals surface area contributed by atoms with Crippen LogP contribution in [0.25, 0.3) is 0 Å². The van der Waals surface area contributed by atoms with Crippen LogP contribution < -0.4 is 5.32 Å². The van der Waals surface area contributed by atoms with E-state index >= 15 is 0 Å². The maximum absolute atomic E-state index is 12.0. The molecule has 0 radical (unpaired) electrons. The minimum absolute atomic E-state index is 0.0299. The van der Waals surface area contributed by atoms with Crippen molar-refractivity contribution in [2.75, 3.05) is 11.9 Å². The first kappa shape index (κ1) is 14.7. The van der Waals surface area contributed by atoms with Gasteiger partial charge in [-0.3, -0.25) is 9.78 Å². The molecule has 2 aromatic heterocycles. The van der Waals surface area contributed by atoms with E-state index in [1.165, 1.54) is 6.20 Å². The number of nitrogens with zero attached hydrogens (tertiary/aromatic N) is 2. The number of aliphatic hydroxyl groups excluding tert-OH is 1. The van der Waals surface area contributed by atoms with E-state index in [4.69, 9.17) is 5.11 Å². The third-order valence-electron chi connectivity index (χ3n) is 2.64. The van der Waals surface area contributed by atoms with E-state index in [9.17, 15) is 4.79 Å². The molecule has 0 aliphatic carbocycles. The van der Waals surface area contributed by atoms with Crippen molar-refractivity contribution in [1.82, 2.24) is 9.97 Å². The topological polar surface area (TPSA) is 75.1 Å². The molecule has 106 valence electrons. The zero-order chi connectivity index (χ0) is 15.1. The number of amides is 1. The Kier molecular flexibility index (Phi) is 5.02. The average molecular weight is 281 g/mol. The first-order chi connectivity index (χ1) is 10.2. The summed E-state index contributed by atoms with van der Waals surface area (Å²) in [4.78, 5) is 20.2. The van der Waals surface area contributed by atoms with E-state index in [0.29, 0.717) is 17.8 Å². The Morgan fingerprint density at radius 1 is 1.33 bits per heavy atom. The Bertz CT molecular complexity index is 685. The van der Waals surface area contributed by atoms with Gasteiger partial charge in [0.05, 0.1) is 12.2 Å². The molecule has 0 aliphatic rings. The van der Waals surface area contributed by atoms with Crippen molar-refractivity contribution in [1.29, 1.82) is 0 Å². The number of hydrogen-bond donors (Lipinski definition) is 2. The van der Waals surface area contributed by atoms with E-state index in [-0.39, 0.29) is 12.5 Å². The standard InChI is InChI=1S/C16H15N3O2/c1-12-5-6-14(11-18-12)16(21)19-15-10-13(7-8-17-15)4-2-3-9-20/h5-8,10-11,20H,3,9H2,1H3,(H,17,19,21). The average Bonchev–Trinajstić information content (AvgIpc) is 2.48. The SMILES string of the molecule is Cc1ccc(C(=O)Nc2cc(C#CCCO)ccn2)cn1. The first-order valence-electron chi connectivity index (χ1n) is 6.49. The number of anilines is 1. The molecule has 21 heavy (non-hydrogen) atoms. The van der Waals surface area contributed by atoms with Crippen LogP contribution in [0, 0.1) is 18.8 Å². The second kappa shape index (κ2) is 7.17. The van der Waals surface area contributed by atoms with Crippen LogP contribution in [0.4, 0.5) is 5.82 Å². The van der Waals surface area contributed by atoms with E-state index in [1.807, 2.05) is 6.92 Å². The Morgan fingerprint density at radius 3 is 2.90 bits per heavy atom. The zero-order valence-corrected chi connectivity index (χ0v) is 11.6. The summed E-state index contributed by atoms with van der Waals surface area (Å²) in [6.07, 6.45) is 3.51. The van der Waals surface area contributed by atoms with Crippen molar-refractivity contribution < 1.29 is 9.90 Å². The summed E-state index contributed by atoms with van der Waals surface area (Å²) in [7, 11) is 0.